The smallest absolute Gasteiger partial charge is 0.198 e. The maximum Gasteiger partial charge on any atom is 0.198 e. The number of hydrogen-bond acceptors (Lipinski definition) is 3. The molecule has 146 valence electrons. The molecule has 2 aliphatic carbocycles. The van der Waals surface area contributed by atoms with E-state index in [0.29, 0.717) is 34.6 Å². The van der Waals surface area contributed by atoms with Gasteiger partial charge in [0.15, 0.2) is 11.6 Å². The Morgan fingerprint density at radius 2 is 1.45 bits per heavy atom. The zero-order valence-corrected chi connectivity index (χ0v) is 16.6. The Balaban J connectivity index is 1.75. The summed E-state index contributed by atoms with van der Waals surface area (Å²) in [6, 6.07) is 14.9. The van der Waals surface area contributed by atoms with Crippen LogP contribution in [-0.4, -0.2) is 18.2 Å². The molecule has 3 heteroatoms. The van der Waals surface area contributed by atoms with Gasteiger partial charge in [-0.2, -0.15) is 0 Å². The zero-order chi connectivity index (χ0) is 20.2. The molecule has 4 rings (SSSR count). The van der Waals surface area contributed by atoms with E-state index in [-0.39, 0.29) is 11.6 Å². The molecule has 0 atom stereocenters. The number of fused-ring (bicyclic) bond motifs is 2. The lowest BCUT2D eigenvalue weighted by molar-refractivity contribution is 0.0989. The normalized spacial score (nSPS) is 17.6. The van der Waals surface area contributed by atoms with Crippen molar-refractivity contribution in [1.29, 1.82) is 0 Å². The summed E-state index contributed by atoms with van der Waals surface area (Å²) in [5.74, 6) is 0.211. The molecular weight excluding hydrogens is 360 g/mol. The van der Waals surface area contributed by atoms with Crippen LogP contribution in [0.5, 0.6) is 0 Å². The SMILES string of the molecule is CCCCCCOC1=Cc2ccccc2C(=O)C1=C1C=Cc2ccccc2C1=O. The van der Waals surface area contributed by atoms with Gasteiger partial charge < -0.3 is 4.74 Å². The molecule has 0 fully saturated rings. The molecule has 0 N–H and O–H groups in total. The first kappa shape index (κ1) is 19.1. The van der Waals surface area contributed by atoms with E-state index in [2.05, 4.69) is 6.92 Å². The van der Waals surface area contributed by atoms with Crippen molar-refractivity contribution in [3.8, 4) is 0 Å². The fourth-order valence-electron chi connectivity index (χ4n) is 3.81. The van der Waals surface area contributed by atoms with E-state index in [1.807, 2.05) is 48.6 Å². The molecular formula is C26H24O3. The monoisotopic (exact) mass is 384 g/mol. The summed E-state index contributed by atoms with van der Waals surface area (Å²) in [6.07, 6.45) is 9.87. The fourth-order valence-corrected chi connectivity index (χ4v) is 3.81. The highest BCUT2D eigenvalue weighted by Gasteiger charge is 2.31. The third kappa shape index (κ3) is 3.73. The van der Waals surface area contributed by atoms with E-state index in [1.54, 1.807) is 18.2 Å². The molecule has 2 aromatic rings. The Hall–Kier alpha value is -3.20. The highest BCUT2D eigenvalue weighted by Crippen LogP contribution is 2.34. The van der Waals surface area contributed by atoms with Crippen LogP contribution in [0.25, 0.3) is 12.2 Å². The first-order valence-electron chi connectivity index (χ1n) is 10.3. The van der Waals surface area contributed by atoms with Crippen molar-refractivity contribution in [2.45, 2.75) is 32.6 Å². The summed E-state index contributed by atoms with van der Waals surface area (Å²) in [6.45, 7) is 2.70. The fraction of sp³-hybridized carbons (Fsp3) is 0.231. The van der Waals surface area contributed by atoms with Crippen LogP contribution in [0.1, 0.15) is 64.4 Å². The minimum Gasteiger partial charge on any atom is -0.493 e. The predicted molar refractivity (Wildman–Crippen MR) is 116 cm³/mol. The first-order valence-corrected chi connectivity index (χ1v) is 10.3. The third-order valence-electron chi connectivity index (χ3n) is 5.37. The molecule has 0 aliphatic heterocycles. The summed E-state index contributed by atoms with van der Waals surface area (Å²) in [7, 11) is 0. The summed E-state index contributed by atoms with van der Waals surface area (Å²) >= 11 is 0. The summed E-state index contributed by atoms with van der Waals surface area (Å²) in [5, 5.41) is 0. The Morgan fingerprint density at radius 1 is 0.759 bits per heavy atom. The lowest BCUT2D eigenvalue weighted by atomic mass is 9.83. The average molecular weight is 384 g/mol. The molecule has 0 saturated carbocycles. The lowest BCUT2D eigenvalue weighted by Gasteiger charge is -2.23. The van der Waals surface area contributed by atoms with Gasteiger partial charge in [-0.25, -0.2) is 0 Å². The topological polar surface area (TPSA) is 43.4 Å². The van der Waals surface area contributed by atoms with Crippen LogP contribution in [0, 0.1) is 0 Å². The first-order chi connectivity index (χ1) is 14.2. The van der Waals surface area contributed by atoms with Gasteiger partial charge in [-0.15, -0.1) is 0 Å². The van der Waals surface area contributed by atoms with E-state index < -0.39 is 0 Å². The van der Waals surface area contributed by atoms with Crippen LogP contribution >= 0.6 is 0 Å². The standard InChI is InChI=1S/C26H24O3/c1-2-3-4-9-16-29-23-17-19-11-6-8-13-21(19)26(28)24(23)22-15-14-18-10-5-7-12-20(18)25(22)27/h5-8,10-15,17H,2-4,9,16H2,1H3. The number of ether oxygens (including phenoxy) is 1. The van der Waals surface area contributed by atoms with Crippen LogP contribution in [0.4, 0.5) is 0 Å². The molecule has 2 aromatic carbocycles. The highest BCUT2D eigenvalue weighted by molar-refractivity contribution is 6.25. The van der Waals surface area contributed by atoms with Gasteiger partial charge in [-0.1, -0.05) is 80.8 Å². The zero-order valence-electron chi connectivity index (χ0n) is 16.6. The third-order valence-corrected chi connectivity index (χ3v) is 5.37. The van der Waals surface area contributed by atoms with Gasteiger partial charge in [-0.05, 0) is 29.7 Å². The number of carbonyl (C=O) groups excluding carboxylic acids is 2. The molecule has 0 aromatic heterocycles. The summed E-state index contributed by atoms with van der Waals surface area (Å²) < 4.78 is 6.06. The number of unbranched alkanes of at least 4 members (excludes halogenated alkanes) is 3. The minimum absolute atomic E-state index is 0.133. The highest BCUT2D eigenvalue weighted by atomic mass is 16.5. The molecule has 3 nitrogen and oxygen atoms in total. The van der Waals surface area contributed by atoms with Crippen molar-refractivity contribution in [3.05, 3.63) is 93.8 Å². The van der Waals surface area contributed by atoms with Gasteiger partial charge in [0, 0.05) is 16.7 Å². The lowest BCUT2D eigenvalue weighted by Crippen LogP contribution is -2.20. The Morgan fingerprint density at radius 3 is 2.21 bits per heavy atom. The number of benzene rings is 2. The molecule has 0 radical (unpaired) electrons. The Bertz CT molecular complexity index is 1050. The number of Topliss-reactive ketones (excluding diaryl/α,β-unsaturated/α-hetero) is 2. The van der Waals surface area contributed by atoms with Crippen LogP contribution in [0.3, 0.4) is 0 Å². The largest absolute Gasteiger partial charge is 0.493 e. The quantitative estimate of drug-likeness (QED) is 0.451. The predicted octanol–water partition coefficient (Wildman–Crippen LogP) is 6.03. The molecule has 0 spiro atoms. The van der Waals surface area contributed by atoms with E-state index in [1.165, 1.54) is 0 Å². The maximum atomic E-state index is 13.4. The number of carbonyl (C=O) groups is 2. The van der Waals surface area contributed by atoms with Gasteiger partial charge in [-0.3, -0.25) is 9.59 Å². The molecule has 0 bridgehead atoms. The van der Waals surface area contributed by atoms with Crippen molar-refractivity contribution < 1.29 is 14.3 Å². The van der Waals surface area contributed by atoms with E-state index in [4.69, 9.17) is 4.74 Å². The van der Waals surface area contributed by atoms with Crippen molar-refractivity contribution >= 4 is 23.7 Å². The molecule has 0 amide bonds. The molecule has 29 heavy (non-hydrogen) atoms. The Kier molecular flexibility index (Phi) is 5.57. The van der Waals surface area contributed by atoms with Crippen molar-refractivity contribution in [2.24, 2.45) is 0 Å². The Labute approximate surface area is 171 Å². The van der Waals surface area contributed by atoms with Crippen molar-refractivity contribution in [3.63, 3.8) is 0 Å². The maximum absolute atomic E-state index is 13.4. The van der Waals surface area contributed by atoms with Crippen molar-refractivity contribution in [1.82, 2.24) is 0 Å². The van der Waals surface area contributed by atoms with Crippen molar-refractivity contribution in [2.75, 3.05) is 6.61 Å². The van der Waals surface area contributed by atoms with Gasteiger partial charge >= 0.3 is 0 Å². The minimum atomic E-state index is -0.154. The number of hydrogen-bond donors (Lipinski definition) is 0. The molecule has 0 saturated heterocycles. The van der Waals surface area contributed by atoms with E-state index in [9.17, 15) is 9.59 Å². The summed E-state index contributed by atoms with van der Waals surface area (Å²) in [5.41, 5.74) is 3.70. The number of rotatable bonds is 6. The van der Waals surface area contributed by atoms with E-state index in [0.717, 1.165) is 36.8 Å². The number of allylic oxidation sites excluding steroid dienone is 3. The molecule has 0 heterocycles. The van der Waals surface area contributed by atoms with Gasteiger partial charge in [0.1, 0.15) is 5.76 Å². The number of ketones is 2. The van der Waals surface area contributed by atoms with Crippen LogP contribution < -0.4 is 0 Å². The van der Waals surface area contributed by atoms with Gasteiger partial charge in [0.2, 0.25) is 0 Å². The van der Waals surface area contributed by atoms with Gasteiger partial charge in [0.05, 0.1) is 12.2 Å². The summed E-state index contributed by atoms with van der Waals surface area (Å²) in [4.78, 5) is 26.5. The average Bonchev–Trinajstić information content (AvgIpc) is 2.75. The molecule has 0 unspecified atom stereocenters. The van der Waals surface area contributed by atoms with Crippen LogP contribution in [0.2, 0.25) is 0 Å². The van der Waals surface area contributed by atoms with Gasteiger partial charge in [0.25, 0.3) is 0 Å². The second kappa shape index (κ2) is 8.44. The van der Waals surface area contributed by atoms with Crippen LogP contribution in [-0.2, 0) is 4.74 Å². The second-order valence-electron chi connectivity index (χ2n) is 7.37. The molecule has 2 aliphatic rings. The van der Waals surface area contributed by atoms with E-state index >= 15 is 0 Å². The van der Waals surface area contributed by atoms with Crippen LogP contribution in [0.15, 0.2) is 71.5 Å². The second-order valence-corrected chi connectivity index (χ2v) is 7.37.